The summed E-state index contributed by atoms with van der Waals surface area (Å²) in [7, 11) is 0. The first-order valence-corrected chi connectivity index (χ1v) is 8.76. The number of amides is 2. The fraction of sp³-hybridized carbons (Fsp3) is 0.211. The first kappa shape index (κ1) is 15.0. The molecule has 0 unspecified atom stereocenters. The number of aromatic nitrogens is 1. The van der Waals surface area contributed by atoms with Crippen LogP contribution in [0.1, 0.15) is 37.7 Å². The summed E-state index contributed by atoms with van der Waals surface area (Å²) in [5.41, 5.74) is 3.28. The minimum absolute atomic E-state index is 0.177. The van der Waals surface area contributed by atoms with Gasteiger partial charge < -0.3 is 0 Å². The summed E-state index contributed by atoms with van der Waals surface area (Å²) in [5.74, 6) is -0.353. The molecule has 4 nitrogen and oxygen atoms in total. The van der Waals surface area contributed by atoms with E-state index in [4.69, 9.17) is 0 Å². The van der Waals surface area contributed by atoms with Crippen LogP contribution in [0.15, 0.2) is 42.5 Å². The van der Waals surface area contributed by atoms with Gasteiger partial charge in [-0.1, -0.05) is 18.2 Å². The monoisotopic (exact) mass is 336 g/mol. The summed E-state index contributed by atoms with van der Waals surface area (Å²) in [4.78, 5) is 30.5. The molecule has 1 aliphatic heterocycles. The van der Waals surface area contributed by atoms with Gasteiger partial charge in [0, 0.05) is 6.54 Å². The van der Waals surface area contributed by atoms with Crippen molar-refractivity contribution in [3.05, 3.63) is 64.2 Å². The maximum Gasteiger partial charge on any atom is 0.261 e. The maximum absolute atomic E-state index is 12.3. The number of carbonyl (C=O) groups excluding carboxylic acids is 2. The fourth-order valence-corrected chi connectivity index (χ4v) is 4.01. The first-order chi connectivity index (χ1) is 11.6. The van der Waals surface area contributed by atoms with Crippen molar-refractivity contribution >= 4 is 33.4 Å². The predicted octanol–water partition coefficient (Wildman–Crippen LogP) is 3.83. The molecule has 0 fully saturated rings. The third-order valence-electron chi connectivity index (χ3n) is 4.29. The van der Waals surface area contributed by atoms with E-state index in [1.807, 2.05) is 13.0 Å². The Kier molecular flexibility index (Phi) is 3.65. The van der Waals surface area contributed by atoms with Gasteiger partial charge in [0.1, 0.15) is 0 Å². The van der Waals surface area contributed by atoms with Gasteiger partial charge in [-0.25, -0.2) is 4.98 Å². The number of nitrogens with zero attached hydrogens (tertiary/aromatic N) is 2. The van der Waals surface area contributed by atoms with Crippen LogP contribution < -0.4 is 0 Å². The van der Waals surface area contributed by atoms with Crippen molar-refractivity contribution < 1.29 is 9.59 Å². The smallest absolute Gasteiger partial charge is 0.261 e. The molecule has 0 spiro atoms. The molecule has 3 aromatic rings. The van der Waals surface area contributed by atoms with Crippen molar-refractivity contribution in [2.75, 3.05) is 6.54 Å². The van der Waals surface area contributed by atoms with Gasteiger partial charge >= 0.3 is 0 Å². The van der Waals surface area contributed by atoms with Gasteiger partial charge in [0.2, 0.25) is 0 Å². The number of carbonyl (C=O) groups is 2. The minimum atomic E-state index is -0.177. The molecule has 0 radical (unpaired) electrons. The second-order valence-corrected chi connectivity index (χ2v) is 7.18. The number of rotatable bonds is 4. The third-order valence-corrected chi connectivity index (χ3v) is 5.22. The van der Waals surface area contributed by atoms with Crippen molar-refractivity contribution in [2.24, 2.45) is 0 Å². The van der Waals surface area contributed by atoms with Crippen LogP contribution in [-0.2, 0) is 6.42 Å². The zero-order valence-electron chi connectivity index (χ0n) is 13.3. The van der Waals surface area contributed by atoms with E-state index in [2.05, 4.69) is 17.1 Å². The first-order valence-electron chi connectivity index (χ1n) is 7.95. The highest BCUT2D eigenvalue weighted by molar-refractivity contribution is 7.18. The highest BCUT2D eigenvalue weighted by Crippen LogP contribution is 2.25. The van der Waals surface area contributed by atoms with Crippen LogP contribution >= 0.6 is 11.3 Å². The largest absolute Gasteiger partial charge is 0.274 e. The zero-order valence-corrected chi connectivity index (χ0v) is 14.1. The lowest BCUT2D eigenvalue weighted by Gasteiger charge is -2.13. The normalized spacial score (nSPS) is 13.8. The fourth-order valence-electron chi connectivity index (χ4n) is 3.12. The Bertz CT molecular complexity index is 926. The number of imide groups is 1. The van der Waals surface area contributed by atoms with Gasteiger partial charge in [-0.3, -0.25) is 14.5 Å². The Morgan fingerprint density at radius 2 is 1.75 bits per heavy atom. The van der Waals surface area contributed by atoms with Crippen LogP contribution in [0.4, 0.5) is 0 Å². The lowest BCUT2D eigenvalue weighted by atomic mass is 10.1. The molecular weight excluding hydrogens is 320 g/mol. The standard InChI is InChI=1S/C19H16N2O2S/c1-12-20-16-9-8-13(11-17(16)24-12)5-4-10-21-18(22)14-6-2-3-7-15(14)19(21)23/h2-3,6-9,11H,4-5,10H2,1H3. The molecule has 5 heteroatoms. The molecule has 24 heavy (non-hydrogen) atoms. The number of benzene rings is 2. The molecule has 0 bridgehead atoms. The molecule has 0 atom stereocenters. The van der Waals surface area contributed by atoms with Crippen molar-refractivity contribution in [1.82, 2.24) is 9.88 Å². The molecule has 0 saturated carbocycles. The van der Waals surface area contributed by atoms with Gasteiger partial charge in [-0.05, 0) is 49.6 Å². The summed E-state index contributed by atoms with van der Waals surface area (Å²) in [6.45, 7) is 2.46. The second-order valence-electron chi connectivity index (χ2n) is 5.95. The Hall–Kier alpha value is -2.53. The highest BCUT2D eigenvalue weighted by atomic mass is 32.1. The molecule has 0 N–H and O–H groups in total. The molecule has 1 aromatic heterocycles. The lowest BCUT2D eigenvalue weighted by Crippen LogP contribution is -2.30. The van der Waals surface area contributed by atoms with E-state index in [-0.39, 0.29) is 11.8 Å². The number of fused-ring (bicyclic) bond motifs is 2. The molecular formula is C19H16N2O2S. The molecule has 4 rings (SSSR count). The average Bonchev–Trinajstić information content (AvgIpc) is 3.07. The van der Waals surface area contributed by atoms with Crippen LogP contribution in [-0.4, -0.2) is 28.2 Å². The van der Waals surface area contributed by atoms with E-state index in [0.29, 0.717) is 17.7 Å². The van der Waals surface area contributed by atoms with Gasteiger partial charge in [-0.2, -0.15) is 0 Å². The number of hydrogen-bond acceptors (Lipinski definition) is 4. The molecule has 2 amide bonds. The predicted molar refractivity (Wildman–Crippen MR) is 94.5 cm³/mol. The van der Waals surface area contributed by atoms with E-state index in [9.17, 15) is 9.59 Å². The summed E-state index contributed by atoms with van der Waals surface area (Å²) in [5, 5.41) is 1.06. The number of hydrogen-bond donors (Lipinski definition) is 0. The average molecular weight is 336 g/mol. The Balaban J connectivity index is 1.44. The third kappa shape index (κ3) is 2.51. The lowest BCUT2D eigenvalue weighted by molar-refractivity contribution is 0.0652. The molecule has 2 heterocycles. The Morgan fingerprint density at radius 3 is 2.46 bits per heavy atom. The van der Waals surface area contributed by atoms with E-state index in [1.165, 1.54) is 15.2 Å². The Morgan fingerprint density at radius 1 is 1.04 bits per heavy atom. The van der Waals surface area contributed by atoms with Crippen molar-refractivity contribution in [3.63, 3.8) is 0 Å². The summed E-state index contributed by atoms with van der Waals surface area (Å²) >= 11 is 1.69. The van der Waals surface area contributed by atoms with Crippen molar-refractivity contribution in [3.8, 4) is 0 Å². The van der Waals surface area contributed by atoms with Crippen LogP contribution in [0.25, 0.3) is 10.2 Å². The molecule has 1 aliphatic rings. The number of thiazole rings is 1. The molecule has 2 aromatic carbocycles. The minimum Gasteiger partial charge on any atom is -0.274 e. The van der Waals surface area contributed by atoms with Gasteiger partial charge in [0.05, 0.1) is 26.4 Å². The second kappa shape index (κ2) is 5.83. The quantitative estimate of drug-likeness (QED) is 0.680. The zero-order chi connectivity index (χ0) is 16.7. The van der Waals surface area contributed by atoms with E-state index in [1.54, 1.807) is 35.6 Å². The van der Waals surface area contributed by atoms with E-state index >= 15 is 0 Å². The van der Waals surface area contributed by atoms with Crippen LogP contribution in [0.5, 0.6) is 0 Å². The molecule has 0 aliphatic carbocycles. The molecule has 120 valence electrons. The van der Waals surface area contributed by atoms with Crippen LogP contribution in [0.3, 0.4) is 0 Å². The molecule has 0 saturated heterocycles. The van der Waals surface area contributed by atoms with E-state index < -0.39 is 0 Å². The summed E-state index contributed by atoms with van der Waals surface area (Å²) in [6, 6.07) is 13.3. The van der Waals surface area contributed by atoms with Gasteiger partial charge in [0.15, 0.2) is 0 Å². The topological polar surface area (TPSA) is 50.3 Å². The van der Waals surface area contributed by atoms with Gasteiger partial charge in [-0.15, -0.1) is 11.3 Å². The van der Waals surface area contributed by atoms with E-state index in [0.717, 1.165) is 23.4 Å². The Labute approximate surface area is 143 Å². The summed E-state index contributed by atoms with van der Waals surface area (Å²) in [6.07, 6.45) is 1.59. The van der Waals surface area contributed by atoms with Crippen molar-refractivity contribution in [2.45, 2.75) is 19.8 Å². The SMILES string of the molecule is Cc1nc2ccc(CCCN3C(=O)c4ccccc4C3=O)cc2s1. The van der Waals surface area contributed by atoms with Gasteiger partial charge in [0.25, 0.3) is 11.8 Å². The summed E-state index contributed by atoms with van der Waals surface area (Å²) < 4.78 is 1.19. The maximum atomic E-state index is 12.3. The number of aryl methyl sites for hydroxylation is 2. The van der Waals surface area contributed by atoms with Crippen molar-refractivity contribution in [1.29, 1.82) is 0 Å². The van der Waals surface area contributed by atoms with Crippen LogP contribution in [0, 0.1) is 6.92 Å². The van der Waals surface area contributed by atoms with Crippen LogP contribution in [0.2, 0.25) is 0 Å². The highest BCUT2D eigenvalue weighted by Gasteiger charge is 2.34.